The van der Waals surface area contributed by atoms with Crippen molar-refractivity contribution in [3.05, 3.63) is 23.3 Å². The molecular weight excluding hydrogens is 274 g/mol. The zero-order chi connectivity index (χ0) is 14.7. The van der Waals surface area contributed by atoms with Gasteiger partial charge in [0, 0.05) is 12.1 Å². The highest BCUT2D eigenvalue weighted by molar-refractivity contribution is 5.48. The number of aryl methyl sites for hydroxylation is 1. The lowest BCUT2D eigenvalue weighted by Crippen LogP contribution is -2.58. The molecule has 0 amide bonds. The van der Waals surface area contributed by atoms with Crippen LogP contribution >= 0.6 is 0 Å². The van der Waals surface area contributed by atoms with Gasteiger partial charge < -0.3 is 14.8 Å². The Balaban J connectivity index is 1.35. The fourth-order valence-electron chi connectivity index (χ4n) is 5.89. The highest BCUT2D eigenvalue weighted by Crippen LogP contribution is 2.55. The van der Waals surface area contributed by atoms with E-state index in [1.807, 2.05) is 0 Å². The van der Waals surface area contributed by atoms with E-state index in [1.54, 1.807) is 0 Å². The standard InChI is InChI=1S/C19H25NO2/c1-12-2-17-18(22-11-21-17)6-16(12)10-20-19-7-13-3-14(8-19)5-15(4-13)9-19/h2,6,13-15,20H,3-5,7-11H2,1H3. The van der Waals surface area contributed by atoms with Crippen LogP contribution in [0.1, 0.15) is 49.7 Å². The van der Waals surface area contributed by atoms with Crippen molar-refractivity contribution >= 4 is 0 Å². The van der Waals surface area contributed by atoms with Crippen LogP contribution < -0.4 is 14.8 Å². The molecule has 118 valence electrons. The first kappa shape index (κ1) is 13.2. The minimum absolute atomic E-state index is 0.362. The third-order valence-electron chi connectivity index (χ3n) is 6.52. The van der Waals surface area contributed by atoms with Crippen molar-refractivity contribution in [2.45, 2.75) is 57.5 Å². The van der Waals surface area contributed by atoms with E-state index < -0.39 is 0 Å². The molecule has 1 aromatic rings. The number of benzene rings is 1. The number of hydrogen-bond donors (Lipinski definition) is 1. The molecule has 0 spiro atoms. The molecule has 1 N–H and O–H groups in total. The number of ether oxygens (including phenoxy) is 2. The monoisotopic (exact) mass is 299 g/mol. The second-order valence-corrected chi connectivity index (χ2v) is 8.18. The summed E-state index contributed by atoms with van der Waals surface area (Å²) in [6, 6.07) is 4.30. The van der Waals surface area contributed by atoms with Gasteiger partial charge in [0.25, 0.3) is 0 Å². The number of fused-ring (bicyclic) bond motifs is 1. The lowest BCUT2D eigenvalue weighted by Gasteiger charge is -2.57. The fraction of sp³-hybridized carbons (Fsp3) is 0.684. The van der Waals surface area contributed by atoms with E-state index in [0.717, 1.165) is 35.8 Å². The quantitative estimate of drug-likeness (QED) is 0.921. The molecule has 1 aliphatic heterocycles. The van der Waals surface area contributed by atoms with E-state index in [2.05, 4.69) is 24.4 Å². The molecule has 6 rings (SSSR count). The molecule has 1 heterocycles. The SMILES string of the molecule is Cc1cc2c(cc1CNC13CC4CC(CC(C4)C1)C3)OCO2. The summed E-state index contributed by atoms with van der Waals surface area (Å²) in [4.78, 5) is 0. The molecule has 22 heavy (non-hydrogen) atoms. The zero-order valence-electron chi connectivity index (χ0n) is 13.4. The van der Waals surface area contributed by atoms with E-state index in [0.29, 0.717) is 12.3 Å². The summed E-state index contributed by atoms with van der Waals surface area (Å²) >= 11 is 0. The maximum atomic E-state index is 5.54. The minimum Gasteiger partial charge on any atom is -0.454 e. The third kappa shape index (κ3) is 2.05. The van der Waals surface area contributed by atoms with Crippen LogP contribution in [0.15, 0.2) is 12.1 Å². The highest BCUT2D eigenvalue weighted by atomic mass is 16.7. The van der Waals surface area contributed by atoms with Crippen LogP contribution in [-0.4, -0.2) is 12.3 Å². The van der Waals surface area contributed by atoms with Crippen molar-refractivity contribution in [2.24, 2.45) is 17.8 Å². The molecule has 4 aliphatic carbocycles. The van der Waals surface area contributed by atoms with Crippen LogP contribution in [-0.2, 0) is 6.54 Å². The Labute approximate surface area is 132 Å². The van der Waals surface area contributed by atoms with Gasteiger partial charge in [-0.3, -0.25) is 0 Å². The summed E-state index contributed by atoms with van der Waals surface area (Å²) in [5, 5.41) is 3.98. The van der Waals surface area contributed by atoms with E-state index in [4.69, 9.17) is 9.47 Å². The van der Waals surface area contributed by atoms with Crippen LogP contribution in [0.4, 0.5) is 0 Å². The van der Waals surface area contributed by atoms with Gasteiger partial charge >= 0.3 is 0 Å². The normalized spacial score (nSPS) is 37.8. The predicted molar refractivity (Wildman–Crippen MR) is 85.0 cm³/mol. The van der Waals surface area contributed by atoms with Crippen LogP contribution in [0, 0.1) is 24.7 Å². The summed E-state index contributed by atoms with van der Waals surface area (Å²) in [7, 11) is 0. The Hall–Kier alpha value is -1.22. The molecule has 0 unspecified atom stereocenters. The van der Waals surface area contributed by atoms with Gasteiger partial charge in [-0.15, -0.1) is 0 Å². The molecule has 1 aromatic carbocycles. The Kier molecular flexibility index (Phi) is 2.79. The first-order valence-electron chi connectivity index (χ1n) is 8.83. The Morgan fingerprint density at radius 3 is 2.23 bits per heavy atom. The lowest BCUT2D eigenvalue weighted by molar-refractivity contribution is -0.0206. The molecule has 0 atom stereocenters. The highest BCUT2D eigenvalue weighted by Gasteiger charge is 2.50. The van der Waals surface area contributed by atoms with Crippen LogP contribution in [0.2, 0.25) is 0 Å². The van der Waals surface area contributed by atoms with Gasteiger partial charge in [-0.05, 0) is 86.5 Å². The zero-order valence-corrected chi connectivity index (χ0v) is 13.4. The van der Waals surface area contributed by atoms with E-state index in [1.165, 1.54) is 49.7 Å². The topological polar surface area (TPSA) is 30.5 Å². The van der Waals surface area contributed by atoms with Gasteiger partial charge in [-0.1, -0.05) is 0 Å². The van der Waals surface area contributed by atoms with Crippen molar-refractivity contribution < 1.29 is 9.47 Å². The molecule has 5 aliphatic rings. The second kappa shape index (κ2) is 4.64. The van der Waals surface area contributed by atoms with Crippen molar-refractivity contribution in [3.63, 3.8) is 0 Å². The number of rotatable bonds is 3. The molecular formula is C19H25NO2. The number of nitrogens with one attached hydrogen (secondary N) is 1. The average Bonchev–Trinajstić information content (AvgIpc) is 2.90. The van der Waals surface area contributed by atoms with Gasteiger partial charge in [0.1, 0.15) is 0 Å². The summed E-state index contributed by atoms with van der Waals surface area (Å²) in [5.41, 5.74) is 3.10. The molecule has 4 saturated carbocycles. The third-order valence-corrected chi connectivity index (χ3v) is 6.52. The summed E-state index contributed by atoms with van der Waals surface area (Å²) in [6.45, 7) is 3.51. The summed E-state index contributed by atoms with van der Waals surface area (Å²) in [6.07, 6.45) is 8.73. The second-order valence-electron chi connectivity index (χ2n) is 8.18. The van der Waals surface area contributed by atoms with Gasteiger partial charge in [0.05, 0.1) is 0 Å². The Morgan fingerprint density at radius 1 is 1.00 bits per heavy atom. The van der Waals surface area contributed by atoms with Crippen molar-refractivity contribution in [1.82, 2.24) is 5.32 Å². The van der Waals surface area contributed by atoms with Gasteiger partial charge in [-0.2, -0.15) is 0 Å². The summed E-state index contributed by atoms with van der Waals surface area (Å²) < 4.78 is 11.0. The maximum absolute atomic E-state index is 5.54. The van der Waals surface area contributed by atoms with Crippen molar-refractivity contribution in [2.75, 3.05) is 6.79 Å². The van der Waals surface area contributed by atoms with Gasteiger partial charge in [-0.25, -0.2) is 0 Å². The molecule has 4 fully saturated rings. The van der Waals surface area contributed by atoms with Crippen LogP contribution in [0.3, 0.4) is 0 Å². The van der Waals surface area contributed by atoms with Crippen molar-refractivity contribution in [3.8, 4) is 11.5 Å². The fourth-order valence-corrected chi connectivity index (χ4v) is 5.89. The largest absolute Gasteiger partial charge is 0.454 e. The first-order valence-corrected chi connectivity index (χ1v) is 8.83. The first-order chi connectivity index (χ1) is 10.7. The maximum Gasteiger partial charge on any atom is 0.231 e. The van der Waals surface area contributed by atoms with Crippen molar-refractivity contribution in [1.29, 1.82) is 0 Å². The molecule has 3 nitrogen and oxygen atoms in total. The number of hydrogen-bond acceptors (Lipinski definition) is 3. The average molecular weight is 299 g/mol. The van der Waals surface area contributed by atoms with Crippen LogP contribution in [0.5, 0.6) is 11.5 Å². The molecule has 0 radical (unpaired) electrons. The molecule has 0 saturated heterocycles. The molecule has 3 heteroatoms. The van der Waals surface area contributed by atoms with Gasteiger partial charge in [0.15, 0.2) is 11.5 Å². The van der Waals surface area contributed by atoms with Crippen LogP contribution in [0.25, 0.3) is 0 Å². The van der Waals surface area contributed by atoms with E-state index >= 15 is 0 Å². The van der Waals surface area contributed by atoms with E-state index in [-0.39, 0.29) is 0 Å². The lowest BCUT2D eigenvalue weighted by atomic mass is 9.53. The van der Waals surface area contributed by atoms with E-state index in [9.17, 15) is 0 Å². The minimum atomic E-state index is 0.362. The molecule has 4 bridgehead atoms. The summed E-state index contributed by atoms with van der Waals surface area (Å²) in [5.74, 6) is 4.80. The predicted octanol–water partition coefficient (Wildman–Crippen LogP) is 3.78. The molecule has 0 aromatic heterocycles. The Morgan fingerprint density at radius 2 is 1.59 bits per heavy atom. The Bertz CT molecular complexity index is 574. The van der Waals surface area contributed by atoms with Gasteiger partial charge in [0.2, 0.25) is 6.79 Å². The smallest absolute Gasteiger partial charge is 0.231 e.